The molecule has 0 aliphatic carbocycles. The number of fused-ring (bicyclic) bond motifs is 1. The van der Waals surface area contributed by atoms with Gasteiger partial charge in [0, 0.05) is 13.1 Å². The van der Waals surface area contributed by atoms with Crippen LogP contribution < -0.4 is 9.64 Å². The highest BCUT2D eigenvalue weighted by Gasteiger charge is 2.33. The van der Waals surface area contributed by atoms with Crippen molar-refractivity contribution in [3.05, 3.63) is 24.3 Å². The zero-order chi connectivity index (χ0) is 15.7. The number of hydrogen-bond acceptors (Lipinski definition) is 5. The summed E-state index contributed by atoms with van der Waals surface area (Å²) in [6.07, 6.45) is 0.532. The molecule has 3 rings (SSSR count). The summed E-state index contributed by atoms with van der Waals surface area (Å²) >= 11 is 0. The highest BCUT2D eigenvalue weighted by molar-refractivity contribution is 7.91. The summed E-state index contributed by atoms with van der Waals surface area (Å²) in [7, 11) is -1.29. The first kappa shape index (κ1) is 15.1. The monoisotopic (exact) mass is 324 g/mol. The van der Waals surface area contributed by atoms with Gasteiger partial charge in [0.25, 0.3) is 0 Å². The Hall–Kier alpha value is -1.76. The molecule has 1 atom stereocenters. The van der Waals surface area contributed by atoms with Crippen LogP contribution >= 0.6 is 0 Å². The molecular weight excluding hydrogens is 304 g/mol. The number of ether oxygens (including phenoxy) is 1. The van der Waals surface area contributed by atoms with E-state index in [1.807, 2.05) is 29.2 Å². The van der Waals surface area contributed by atoms with Gasteiger partial charge >= 0.3 is 0 Å². The number of amides is 1. The van der Waals surface area contributed by atoms with Crippen LogP contribution in [0.1, 0.15) is 6.42 Å². The standard InChI is InChI=1S/C15H20N2O4S/c1-16(12-6-9-22(19,20)11-12)15(18)10-17-7-8-21-14-5-3-2-4-13(14)17/h2-5,12H,6-11H2,1H3. The van der Waals surface area contributed by atoms with Crippen molar-refractivity contribution in [2.24, 2.45) is 0 Å². The summed E-state index contributed by atoms with van der Waals surface area (Å²) in [4.78, 5) is 16.0. The second-order valence-electron chi connectivity index (χ2n) is 5.80. The van der Waals surface area contributed by atoms with Crippen molar-refractivity contribution in [2.75, 3.05) is 43.1 Å². The molecular formula is C15H20N2O4S. The van der Waals surface area contributed by atoms with Crippen molar-refractivity contribution in [2.45, 2.75) is 12.5 Å². The molecule has 1 fully saturated rings. The quantitative estimate of drug-likeness (QED) is 0.811. The average molecular weight is 324 g/mol. The van der Waals surface area contributed by atoms with Crippen LogP contribution in [0.3, 0.4) is 0 Å². The number of hydrogen-bond donors (Lipinski definition) is 0. The molecule has 0 N–H and O–H groups in total. The number of likely N-dealkylation sites (N-methyl/N-ethyl adjacent to an activating group) is 1. The van der Waals surface area contributed by atoms with Crippen molar-refractivity contribution < 1.29 is 17.9 Å². The fourth-order valence-corrected chi connectivity index (χ4v) is 4.72. The summed E-state index contributed by atoms with van der Waals surface area (Å²) in [5.74, 6) is 0.983. The number of rotatable bonds is 3. The first-order chi connectivity index (χ1) is 10.5. The number of carbonyl (C=O) groups excluding carboxylic acids is 1. The summed E-state index contributed by atoms with van der Waals surface area (Å²) in [5, 5.41) is 0. The smallest absolute Gasteiger partial charge is 0.242 e. The average Bonchev–Trinajstić information content (AvgIpc) is 2.87. The number of carbonyl (C=O) groups is 1. The Balaban J connectivity index is 1.68. The van der Waals surface area contributed by atoms with Gasteiger partial charge in [-0.1, -0.05) is 12.1 Å². The van der Waals surface area contributed by atoms with Gasteiger partial charge in [-0.15, -0.1) is 0 Å². The first-order valence-electron chi connectivity index (χ1n) is 7.39. The Morgan fingerprint density at radius 2 is 2.18 bits per heavy atom. The Morgan fingerprint density at radius 3 is 2.91 bits per heavy atom. The third-order valence-corrected chi connectivity index (χ3v) is 6.05. The second kappa shape index (κ2) is 5.79. The van der Waals surface area contributed by atoms with Crippen molar-refractivity contribution in [1.29, 1.82) is 0 Å². The zero-order valence-corrected chi connectivity index (χ0v) is 13.4. The first-order valence-corrected chi connectivity index (χ1v) is 9.21. The van der Waals surface area contributed by atoms with Crippen LogP contribution in [0.15, 0.2) is 24.3 Å². The van der Waals surface area contributed by atoms with Crippen molar-refractivity contribution in [3.63, 3.8) is 0 Å². The molecule has 0 aromatic heterocycles. The topological polar surface area (TPSA) is 66.9 Å². The molecule has 7 heteroatoms. The van der Waals surface area contributed by atoms with Crippen molar-refractivity contribution in [3.8, 4) is 5.75 Å². The number of anilines is 1. The van der Waals surface area contributed by atoms with Gasteiger partial charge in [-0.2, -0.15) is 0 Å². The minimum absolute atomic E-state index is 0.0567. The molecule has 0 spiro atoms. The van der Waals surface area contributed by atoms with E-state index in [9.17, 15) is 13.2 Å². The molecule has 2 heterocycles. The molecule has 0 bridgehead atoms. The highest BCUT2D eigenvalue weighted by atomic mass is 32.2. The van der Waals surface area contributed by atoms with E-state index in [0.717, 1.165) is 11.4 Å². The lowest BCUT2D eigenvalue weighted by atomic mass is 10.2. The van der Waals surface area contributed by atoms with Crippen LogP contribution in [0.25, 0.3) is 0 Å². The third kappa shape index (κ3) is 3.04. The van der Waals surface area contributed by atoms with E-state index in [0.29, 0.717) is 19.6 Å². The zero-order valence-electron chi connectivity index (χ0n) is 12.6. The maximum absolute atomic E-state index is 12.5. The Labute approximate surface area is 130 Å². The molecule has 120 valence electrons. The molecule has 2 aliphatic heterocycles. The fraction of sp³-hybridized carbons (Fsp3) is 0.533. The summed E-state index contributed by atoms with van der Waals surface area (Å²) in [6, 6.07) is 7.44. The molecule has 1 amide bonds. The van der Waals surface area contributed by atoms with Gasteiger partial charge in [-0.25, -0.2) is 8.42 Å². The van der Waals surface area contributed by atoms with Gasteiger partial charge in [0.05, 0.1) is 30.3 Å². The molecule has 0 saturated carbocycles. The minimum Gasteiger partial charge on any atom is -0.490 e. The maximum atomic E-state index is 12.5. The minimum atomic E-state index is -2.98. The number of nitrogens with zero attached hydrogens (tertiary/aromatic N) is 2. The van der Waals surface area contributed by atoms with Crippen LogP contribution in [-0.2, 0) is 14.6 Å². The lowest BCUT2D eigenvalue weighted by Crippen LogP contribution is -2.45. The molecule has 1 saturated heterocycles. The van der Waals surface area contributed by atoms with Gasteiger partial charge in [0.1, 0.15) is 12.4 Å². The largest absolute Gasteiger partial charge is 0.490 e. The fourth-order valence-electron chi connectivity index (χ4n) is 2.95. The maximum Gasteiger partial charge on any atom is 0.242 e. The van der Waals surface area contributed by atoms with E-state index in [1.54, 1.807) is 11.9 Å². The summed E-state index contributed by atoms with van der Waals surface area (Å²) in [6.45, 7) is 1.44. The van der Waals surface area contributed by atoms with Crippen LogP contribution in [0.2, 0.25) is 0 Å². The van der Waals surface area contributed by atoms with Gasteiger partial charge in [0.15, 0.2) is 9.84 Å². The van der Waals surface area contributed by atoms with Gasteiger partial charge in [0.2, 0.25) is 5.91 Å². The van der Waals surface area contributed by atoms with E-state index < -0.39 is 9.84 Å². The number of sulfone groups is 1. The second-order valence-corrected chi connectivity index (χ2v) is 8.03. The third-order valence-electron chi connectivity index (χ3n) is 4.30. The van der Waals surface area contributed by atoms with Gasteiger partial charge < -0.3 is 14.5 Å². The number of para-hydroxylation sites is 2. The lowest BCUT2D eigenvalue weighted by molar-refractivity contribution is -0.130. The van der Waals surface area contributed by atoms with Crippen molar-refractivity contribution >= 4 is 21.4 Å². The van der Waals surface area contributed by atoms with E-state index in [1.165, 1.54) is 0 Å². The Bertz CT molecular complexity index is 674. The van der Waals surface area contributed by atoms with E-state index >= 15 is 0 Å². The van der Waals surface area contributed by atoms with Gasteiger partial charge in [-0.05, 0) is 18.6 Å². The van der Waals surface area contributed by atoms with Crippen LogP contribution in [0.4, 0.5) is 5.69 Å². The Kier molecular flexibility index (Phi) is 3.99. The van der Waals surface area contributed by atoms with Gasteiger partial charge in [-0.3, -0.25) is 4.79 Å². The normalized spacial score (nSPS) is 22.8. The molecule has 1 aromatic carbocycles. The molecule has 22 heavy (non-hydrogen) atoms. The lowest BCUT2D eigenvalue weighted by Gasteiger charge is -2.33. The van der Waals surface area contributed by atoms with E-state index in [-0.39, 0.29) is 30.0 Å². The van der Waals surface area contributed by atoms with E-state index in [2.05, 4.69) is 0 Å². The van der Waals surface area contributed by atoms with Crippen LogP contribution in [-0.4, -0.2) is 63.5 Å². The molecule has 6 nitrogen and oxygen atoms in total. The highest BCUT2D eigenvalue weighted by Crippen LogP contribution is 2.30. The Morgan fingerprint density at radius 1 is 1.41 bits per heavy atom. The molecule has 0 radical (unpaired) electrons. The van der Waals surface area contributed by atoms with Crippen LogP contribution in [0, 0.1) is 0 Å². The molecule has 1 unspecified atom stereocenters. The van der Waals surface area contributed by atoms with E-state index in [4.69, 9.17) is 4.74 Å². The van der Waals surface area contributed by atoms with Crippen molar-refractivity contribution in [1.82, 2.24) is 4.90 Å². The predicted molar refractivity (Wildman–Crippen MR) is 84.0 cm³/mol. The molecule has 2 aliphatic rings. The summed E-state index contributed by atoms with van der Waals surface area (Å²) in [5.41, 5.74) is 0.912. The van der Waals surface area contributed by atoms with Crippen LogP contribution in [0.5, 0.6) is 5.75 Å². The summed E-state index contributed by atoms with van der Waals surface area (Å²) < 4.78 is 28.7. The SMILES string of the molecule is CN(C(=O)CN1CCOc2ccccc21)C1CCS(=O)(=O)C1. The predicted octanol–water partition coefficient (Wildman–Crippen LogP) is 0.531. The molecule has 1 aromatic rings. The number of benzene rings is 1.